The highest BCUT2D eigenvalue weighted by molar-refractivity contribution is 7.98. The van der Waals surface area contributed by atoms with E-state index in [4.69, 9.17) is 0 Å². The summed E-state index contributed by atoms with van der Waals surface area (Å²) in [5, 5.41) is 13.5. The van der Waals surface area contributed by atoms with Crippen molar-refractivity contribution >= 4 is 23.3 Å². The van der Waals surface area contributed by atoms with E-state index < -0.39 is 4.92 Å². The number of aromatic nitrogens is 1. The molecule has 0 aromatic carbocycles. The second-order valence-electron chi connectivity index (χ2n) is 2.55. The molecule has 6 heteroatoms. The molecule has 0 aliphatic carbocycles. The van der Waals surface area contributed by atoms with Crippen LogP contribution in [0.1, 0.15) is 0 Å². The van der Waals surface area contributed by atoms with Gasteiger partial charge in [-0.25, -0.2) is 0 Å². The maximum Gasteiger partial charge on any atom is 0.386 e. The van der Waals surface area contributed by atoms with Gasteiger partial charge in [-0.2, -0.15) is 11.8 Å². The lowest BCUT2D eigenvalue weighted by atomic mass is 10.4. The fourth-order valence-electron chi connectivity index (χ4n) is 0.968. The lowest BCUT2D eigenvalue weighted by molar-refractivity contribution is -0.388. The molecule has 76 valence electrons. The Hall–Kier alpha value is -1.30. The summed E-state index contributed by atoms with van der Waals surface area (Å²) in [4.78, 5) is 13.8. The van der Waals surface area contributed by atoms with Crippen LogP contribution in [0.25, 0.3) is 0 Å². The van der Waals surface area contributed by atoms with Crippen molar-refractivity contribution in [1.29, 1.82) is 0 Å². The van der Waals surface area contributed by atoms with E-state index in [1.165, 1.54) is 6.20 Å². The zero-order valence-electron chi connectivity index (χ0n) is 7.77. The molecule has 0 aliphatic heterocycles. The first-order valence-corrected chi connectivity index (χ1v) is 5.47. The summed E-state index contributed by atoms with van der Waals surface area (Å²) in [7, 11) is 0. The fraction of sp³-hybridized carbons (Fsp3) is 0.375. The van der Waals surface area contributed by atoms with Crippen LogP contribution in [0.5, 0.6) is 0 Å². The van der Waals surface area contributed by atoms with Crippen LogP contribution >= 0.6 is 11.8 Å². The molecule has 0 fully saturated rings. The van der Waals surface area contributed by atoms with Gasteiger partial charge in [0, 0.05) is 12.3 Å². The van der Waals surface area contributed by atoms with Crippen LogP contribution in [-0.2, 0) is 0 Å². The average molecular weight is 213 g/mol. The predicted octanol–water partition coefficient (Wildman–Crippen LogP) is 1.76. The first kappa shape index (κ1) is 10.8. The zero-order valence-corrected chi connectivity index (χ0v) is 8.58. The monoisotopic (exact) mass is 213 g/mol. The van der Waals surface area contributed by atoms with Crippen LogP contribution in [-0.4, -0.2) is 28.5 Å². The van der Waals surface area contributed by atoms with E-state index in [2.05, 4.69) is 10.3 Å². The van der Waals surface area contributed by atoms with Crippen LogP contribution < -0.4 is 5.32 Å². The number of rotatable bonds is 5. The molecule has 0 saturated carbocycles. The molecule has 0 unspecified atom stereocenters. The Bertz CT molecular complexity index is 319. The molecule has 1 aromatic rings. The Kier molecular flexibility index (Phi) is 4.18. The summed E-state index contributed by atoms with van der Waals surface area (Å²) < 4.78 is 0. The lowest BCUT2D eigenvalue weighted by Crippen LogP contribution is -2.06. The van der Waals surface area contributed by atoms with Crippen molar-refractivity contribution in [3.05, 3.63) is 28.4 Å². The molecule has 1 aromatic heterocycles. The van der Waals surface area contributed by atoms with E-state index in [9.17, 15) is 10.1 Å². The van der Waals surface area contributed by atoms with Gasteiger partial charge < -0.3 is 15.4 Å². The standard InChI is InChI=1S/C8H11N3O2S/c1-14-6-5-9-7-3-2-4-10-8(7)11(12)13/h2-4,9H,5-6H2,1H3. The molecule has 1 heterocycles. The summed E-state index contributed by atoms with van der Waals surface area (Å²) in [5.74, 6) is 0.792. The maximum atomic E-state index is 10.6. The van der Waals surface area contributed by atoms with Crippen molar-refractivity contribution in [3.8, 4) is 0 Å². The molecule has 0 saturated heterocycles. The van der Waals surface area contributed by atoms with Gasteiger partial charge >= 0.3 is 5.82 Å². The summed E-state index contributed by atoms with van der Waals surface area (Å²) in [6, 6.07) is 3.33. The fourth-order valence-corrected chi connectivity index (χ4v) is 1.27. The third-order valence-electron chi connectivity index (χ3n) is 1.58. The Morgan fingerprint density at radius 2 is 2.50 bits per heavy atom. The largest absolute Gasteiger partial charge is 0.386 e. The van der Waals surface area contributed by atoms with Gasteiger partial charge in [-0.3, -0.25) is 0 Å². The average Bonchev–Trinajstić information content (AvgIpc) is 2.19. The number of nitrogens with one attached hydrogen (secondary N) is 1. The molecule has 0 atom stereocenters. The Balaban J connectivity index is 2.69. The molecule has 5 nitrogen and oxygen atoms in total. The first-order chi connectivity index (χ1) is 6.75. The van der Waals surface area contributed by atoms with E-state index in [1.54, 1.807) is 23.9 Å². The third kappa shape index (κ3) is 2.88. The Morgan fingerprint density at radius 3 is 3.14 bits per heavy atom. The van der Waals surface area contributed by atoms with Gasteiger partial charge in [0.2, 0.25) is 0 Å². The quantitative estimate of drug-likeness (QED) is 0.458. The first-order valence-electron chi connectivity index (χ1n) is 4.08. The normalized spacial score (nSPS) is 9.79. The third-order valence-corrected chi connectivity index (χ3v) is 2.19. The molecule has 0 radical (unpaired) electrons. The SMILES string of the molecule is CSCCNc1cccnc1[N+](=O)[O-]. The van der Waals surface area contributed by atoms with Crippen LogP contribution in [0.2, 0.25) is 0 Å². The van der Waals surface area contributed by atoms with Gasteiger partial charge in [0.15, 0.2) is 0 Å². The van der Waals surface area contributed by atoms with Crippen molar-refractivity contribution in [2.75, 3.05) is 23.9 Å². The number of nitro groups is 1. The number of hydrogen-bond acceptors (Lipinski definition) is 5. The molecule has 0 aliphatic rings. The highest BCUT2D eigenvalue weighted by Crippen LogP contribution is 2.19. The van der Waals surface area contributed by atoms with E-state index in [1.807, 2.05) is 6.26 Å². The highest BCUT2D eigenvalue weighted by Gasteiger charge is 2.12. The minimum Gasteiger partial charge on any atom is -0.377 e. The van der Waals surface area contributed by atoms with E-state index in [0.717, 1.165) is 5.75 Å². The van der Waals surface area contributed by atoms with Crippen molar-refractivity contribution in [2.45, 2.75) is 0 Å². The Labute approximate surface area is 86.1 Å². The molecule has 0 spiro atoms. The number of anilines is 1. The molecule has 0 amide bonds. The van der Waals surface area contributed by atoms with E-state index in [-0.39, 0.29) is 5.82 Å². The van der Waals surface area contributed by atoms with Crippen molar-refractivity contribution < 1.29 is 4.92 Å². The van der Waals surface area contributed by atoms with Gasteiger partial charge in [0.25, 0.3) is 0 Å². The molecular formula is C8H11N3O2S. The van der Waals surface area contributed by atoms with Crippen LogP contribution in [0, 0.1) is 10.1 Å². The van der Waals surface area contributed by atoms with Crippen LogP contribution in [0.3, 0.4) is 0 Å². The number of thioether (sulfide) groups is 1. The van der Waals surface area contributed by atoms with Crippen LogP contribution in [0.4, 0.5) is 11.5 Å². The zero-order chi connectivity index (χ0) is 10.4. The number of hydrogen-bond donors (Lipinski definition) is 1. The number of nitrogens with zero attached hydrogens (tertiary/aromatic N) is 2. The van der Waals surface area contributed by atoms with Crippen molar-refractivity contribution in [3.63, 3.8) is 0 Å². The summed E-state index contributed by atoms with van der Waals surface area (Å²) in [5.41, 5.74) is 0.478. The molecule has 14 heavy (non-hydrogen) atoms. The summed E-state index contributed by atoms with van der Waals surface area (Å²) in [6.45, 7) is 0.702. The summed E-state index contributed by atoms with van der Waals surface area (Å²) >= 11 is 1.68. The lowest BCUT2D eigenvalue weighted by Gasteiger charge is -2.04. The van der Waals surface area contributed by atoms with Gasteiger partial charge in [-0.15, -0.1) is 0 Å². The van der Waals surface area contributed by atoms with E-state index >= 15 is 0 Å². The van der Waals surface area contributed by atoms with Crippen molar-refractivity contribution in [2.24, 2.45) is 0 Å². The van der Waals surface area contributed by atoms with Crippen LogP contribution in [0.15, 0.2) is 18.3 Å². The predicted molar refractivity (Wildman–Crippen MR) is 57.8 cm³/mol. The van der Waals surface area contributed by atoms with Gasteiger partial charge in [0.1, 0.15) is 11.9 Å². The number of pyridine rings is 1. The topological polar surface area (TPSA) is 68.1 Å². The summed E-state index contributed by atoms with van der Waals surface area (Å²) in [6.07, 6.45) is 3.40. The molecule has 0 bridgehead atoms. The second kappa shape index (κ2) is 5.43. The minimum atomic E-state index is -0.485. The minimum absolute atomic E-state index is 0.117. The van der Waals surface area contributed by atoms with Gasteiger partial charge in [-0.1, -0.05) is 0 Å². The highest BCUT2D eigenvalue weighted by atomic mass is 32.2. The van der Waals surface area contributed by atoms with Crippen molar-refractivity contribution in [1.82, 2.24) is 4.98 Å². The van der Waals surface area contributed by atoms with Gasteiger partial charge in [-0.05, 0) is 28.3 Å². The smallest absolute Gasteiger partial charge is 0.377 e. The molecule has 1 rings (SSSR count). The van der Waals surface area contributed by atoms with Gasteiger partial charge in [0.05, 0.1) is 0 Å². The van der Waals surface area contributed by atoms with E-state index in [0.29, 0.717) is 12.2 Å². The molecular weight excluding hydrogens is 202 g/mol. The Morgan fingerprint density at radius 1 is 1.71 bits per heavy atom. The molecule has 1 N–H and O–H groups in total. The maximum absolute atomic E-state index is 10.6. The second-order valence-corrected chi connectivity index (χ2v) is 3.54.